The maximum Gasteiger partial charge on any atom is 0.333 e. The average Bonchev–Trinajstić information content (AvgIpc) is 2.76. The summed E-state index contributed by atoms with van der Waals surface area (Å²) in [5.41, 5.74) is 2.36. The molecule has 0 fully saturated rings. The van der Waals surface area contributed by atoms with Gasteiger partial charge < -0.3 is 19.9 Å². The number of benzene rings is 2. The van der Waals surface area contributed by atoms with Gasteiger partial charge in [0.15, 0.2) is 6.10 Å². The van der Waals surface area contributed by atoms with Crippen LogP contribution in [-0.2, 0) is 22.5 Å². The van der Waals surface area contributed by atoms with E-state index >= 15 is 0 Å². The molecule has 0 bridgehead atoms. The Morgan fingerprint density at radius 3 is 2.50 bits per heavy atom. The second-order valence-electron chi connectivity index (χ2n) is 8.09. The molecular formula is C26H32ClNO4. The SMILES string of the molecule is C=CC(C)(/C=C/c1ccc(Cl)cc1)NCc1cc(CC(OC(C)C)C(=O)O)ccc1OC. The average molecular weight is 458 g/mol. The van der Waals surface area contributed by atoms with E-state index in [1.54, 1.807) is 7.11 Å². The Labute approximate surface area is 195 Å². The standard InChI is InChI=1S/C26H32ClNO4/c1-6-26(4,14-13-19-7-10-22(27)11-8-19)28-17-21-15-20(9-12-23(21)31-5)16-24(25(29)30)32-18(2)3/h6-15,18,24,28H,1,16-17H2,2-5H3,(H,29,30)/b14-13+. The molecule has 0 aliphatic carbocycles. The van der Waals surface area contributed by atoms with E-state index in [1.165, 1.54) is 0 Å². The zero-order chi connectivity index (χ0) is 23.7. The highest BCUT2D eigenvalue weighted by Crippen LogP contribution is 2.23. The van der Waals surface area contributed by atoms with Gasteiger partial charge in [0.1, 0.15) is 5.75 Å². The molecule has 0 amide bonds. The Hall–Kier alpha value is -2.60. The molecule has 2 rings (SSSR count). The van der Waals surface area contributed by atoms with E-state index in [-0.39, 0.29) is 12.5 Å². The number of carboxylic acid groups (broad SMARTS) is 1. The molecule has 0 aliphatic heterocycles. The van der Waals surface area contributed by atoms with Gasteiger partial charge in [-0.3, -0.25) is 0 Å². The Kier molecular flexibility index (Phi) is 9.51. The lowest BCUT2D eigenvalue weighted by Crippen LogP contribution is -2.37. The van der Waals surface area contributed by atoms with Gasteiger partial charge in [-0.1, -0.05) is 54.1 Å². The van der Waals surface area contributed by atoms with Crippen LogP contribution in [0.3, 0.4) is 0 Å². The summed E-state index contributed by atoms with van der Waals surface area (Å²) >= 11 is 5.96. The number of carbonyl (C=O) groups is 1. The summed E-state index contributed by atoms with van der Waals surface area (Å²) in [5, 5.41) is 13.7. The van der Waals surface area contributed by atoms with Crippen molar-refractivity contribution in [1.82, 2.24) is 5.32 Å². The van der Waals surface area contributed by atoms with E-state index < -0.39 is 17.6 Å². The van der Waals surface area contributed by atoms with Crippen LogP contribution in [0.25, 0.3) is 6.08 Å². The molecule has 0 aliphatic rings. The lowest BCUT2D eigenvalue weighted by atomic mass is 9.99. The summed E-state index contributed by atoms with van der Waals surface area (Å²) in [6.45, 7) is 10.2. The van der Waals surface area contributed by atoms with E-state index in [9.17, 15) is 9.90 Å². The molecule has 2 aromatic carbocycles. The van der Waals surface area contributed by atoms with Crippen LogP contribution in [0, 0.1) is 0 Å². The highest BCUT2D eigenvalue weighted by atomic mass is 35.5. The Morgan fingerprint density at radius 1 is 1.25 bits per heavy atom. The van der Waals surface area contributed by atoms with Gasteiger partial charge >= 0.3 is 5.97 Å². The molecule has 32 heavy (non-hydrogen) atoms. The van der Waals surface area contributed by atoms with Gasteiger partial charge in [-0.25, -0.2) is 4.79 Å². The van der Waals surface area contributed by atoms with E-state index in [0.717, 1.165) is 22.4 Å². The summed E-state index contributed by atoms with van der Waals surface area (Å²) in [4.78, 5) is 11.6. The molecule has 0 saturated carbocycles. The maximum atomic E-state index is 11.6. The van der Waals surface area contributed by atoms with Crippen LogP contribution in [0.2, 0.25) is 5.02 Å². The van der Waals surface area contributed by atoms with Crippen molar-refractivity contribution >= 4 is 23.6 Å². The van der Waals surface area contributed by atoms with E-state index in [0.29, 0.717) is 11.6 Å². The van der Waals surface area contributed by atoms with Crippen LogP contribution >= 0.6 is 11.6 Å². The number of nitrogens with one attached hydrogen (secondary N) is 1. The third-order valence-electron chi connectivity index (χ3n) is 5.05. The van der Waals surface area contributed by atoms with Crippen molar-refractivity contribution in [1.29, 1.82) is 0 Å². The largest absolute Gasteiger partial charge is 0.496 e. The summed E-state index contributed by atoms with van der Waals surface area (Å²) in [6.07, 6.45) is 5.10. The lowest BCUT2D eigenvalue weighted by molar-refractivity contribution is -0.153. The number of carboxylic acids is 1. The minimum absolute atomic E-state index is 0.170. The molecule has 2 unspecified atom stereocenters. The van der Waals surface area contributed by atoms with E-state index in [1.807, 2.05) is 81.5 Å². The summed E-state index contributed by atoms with van der Waals surface area (Å²) in [5.74, 6) is -0.244. The second-order valence-corrected chi connectivity index (χ2v) is 8.52. The van der Waals surface area contributed by atoms with Crippen LogP contribution in [0.4, 0.5) is 0 Å². The second kappa shape index (κ2) is 11.9. The topological polar surface area (TPSA) is 67.8 Å². The zero-order valence-corrected chi connectivity index (χ0v) is 19.9. The highest BCUT2D eigenvalue weighted by molar-refractivity contribution is 6.30. The molecule has 0 spiro atoms. The van der Waals surface area contributed by atoms with Gasteiger partial charge in [0, 0.05) is 23.6 Å². The number of ether oxygens (including phenoxy) is 2. The molecule has 172 valence electrons. The molecule has 0 radical (unpaired) electrons. The summed E-state index contributed by atoms with van der Waals surface area (Å²) < 4.78 is 11.1. The molecule has 0 heterocycles. The Balaban J connectivity index is 2.16. The number of hydrogen-bond acceptors (Lipinski definition) is 4. The van der Waals surface area contributed by atoms with Crippen molar-refractivity contribution in [3.63, 3.8) is 0 Å². The fourth-order valence-electron chi connectivity index (χ4n) is 3.16. The molecule has 0 saturated heterocycles. The van der Waals surface area contributed by atoms with Gasteiger partial charge in [0.25, 0.3) is 0 Å². The molecule has 2 atom stereocenters. The van der Waals surface area contributed by atoms with E-state index in [2.05, 4.69) is 11.9 Å². The number of aliphatic carboxylic acids is 1. The zero-order valence-electron chi connectivity index (χ0n) is 19.1. The van der Waals surface area contributed by atoms with Crippen molar-refractivity contribution in [2.45, 2.75) is 51.5 Å². The van der Waals surface area contributed by atoms with Crippen LogP contribution < -0.4 is 10.1 Å². The van der Waals surface area contributed by atoms with Crippen molar-refractivity contribution < 1.29 is 19.4 Å². The third kappa shape index (κ3) is 7.83. The normalized spacial score (nSPS) is 14.3. The number of rotatable bonds is 12. The van der Waals surface area contributed by atoms with Gasteiger partial charge in [0.2, 0.25) is 0 Å². The quantitative estimate of drug-likeness (QED) is 0.411. The Morgan fingerprint density at radius 2 is 1.94 bits per heavy atom. The predicted octanol–water partition coefficient (Wildman–Crippen LogP) is 5.52. The van der Waals surface area contributed by atoms with Crippen molar-refractivity contribution in [3.8, 4) is 5.75 Å². The minimum atomic E-state index is -0.972. The van der Waals surface area contributed by atoms with Gasteiger partial charge in [-0.05, 0) is 50.1 Å². The molecule has 2 aromatic rings. The Bertz CT molecular complexity index is 939. The van der Waals surface area contributed by atoms with Gasteiger partial charge in [0.05, 0.1) is 18.8 Å². The summed E-state index contributed by atoms with van der Waals surface area (Å²) in [6, 6.07) is 13.3. The molecule has 5 nitrogen and oxygen atoms in total. The number of methoxy groups -OCH3 is 1. The molecular weight excluding hydrogens is 426 g/mol. The van der Waals surface area contributed by atoms with Crippen molar-refractivity contribution in [2.75, 3.05) is 7.11 Å². The molecule has 0 aromatic heterocycles. The number of hydrogen-bond donors (Lipinski definition) is 2. The monoisotopic (exact) mass is 457 g/mol. The first-order valence-electron chi connectivity index (χ1n) is 10.5. The highest BCUT2D eigenvalue weighted by Gasteiger charge is 2.21. The van der Waals surface area contributed by atoms with Crippen LogP contribution in [0.5, 0.6) is 5.75 Å². The molecule has 6 heteroatoms. The lowest BCUT2D eigenvalue weighted by Gasteiger charge is -2.25. The van der Waals surface area contributed by atoms with Crippen molar-refractivity contribution in [3.05, 3.63) is 82.9 Å². The minimum Gasteiger partial charge on any atom is -0.496 e. The number of halogens is 1. The van der Waals surface area contributed by atoms with Gasteiger partial charge in [-0.15, -0.1) is 6.58 Å². The van der Waals surface area contributed by atoms with Crippen LogP contribution in [0.15, 0.2) is 61.2 Å². The fraction of sp³-hybridized carbons (Fsp3) is 0.346. The first kappa shape index (κ1) is 25.7. The first-order chi connectivity index (χ1) is 15.2. The van der Waals surface area contributed by atoms with Gasteiger partial charge in [-0.2, -0.15) is 0 Å². The fourth-order valence-corrected chi connectivity index (χ4v) is 3.29. The van der Waals surface area contributed by atoms with Crippen LogP contribution in [0.1, 0.15) is 37.5 Å². The van der Waals surface area contributed by atoms with E-state index in [4.69, 9.17) is 21.1 Å². The maximum absolute atomic E-state index is 11.6. The molecule has 2 N–H and O–H groups in total. The predicted molar refractivity (Wildman–Crippen MR) is 130 cm³/mol. The van der Waals surface area contributed by atoms with Crippen molar-refractivity contribution in [2.24, 2.45) is 0 Å². The first-order valence-corrected chi connectivity index (χ1v) is 10.9. The smallest absolute Gasteiger partial charge is 0.333 e. The summed E-state index contributed by atoms with van der Waals surface area (Å²) in [7, 11) is 1.62. The third-order valence-corrected chi connectivity index (χ3v) is 5.31. The van der Waals surface area contributed by atoms with Crippen LogP contribution in [-0.4, -0.2) is 35.9 Å².